The number of carbonyl (C=O) groups excluding carboxylic acids is 1. The second-order valence-electron chi connectivity index (χ2n) is 8.54. The van der Waals surface area contributed by atoms with Gasteiger partial charge in [0.1, 0.15) is 11.5 Å². The normalized spacial score (nSPS) is 24.1. The quantitative estimate of drug-likeness (QED) is 0.664. The highest BCUT2D eigenvalue weighted by Gasteiger charge is 2.50. The predicted octanol–water partition coefficient (Wildman–Crippen LogP) is 3.83. The van der Waals surface area contributed by atoms with Gasteiger partial charge in [0.15, 0.2) is 11.5 Å². The Balaban J connectivity index is 1.34. The molecular weight excluding hydrogens is 386 g/mol. The number of fused-ring (bicyclic) bond motifs is 3. The van der Waals surface area contributed by atoms with Gasteiger partial charge in [0.2, 0.25) is 0 Å². The molecule has 0 radical (unpaired) electrons. The summed E-state index contributed by atoms with van der Waals surface area (Å²) in [5.41, 5.74) is 3.69. The van der Waals surface area contributed by atoms with Crippen LogP contribution >= 0.6 is 0 Å². The monoisotopic (exact) mass is 406 g/mol. The Kier molecular flexibility index (Phi) is 3.82. The molecule has 2 aromatic heterocycles. The van der Waals surface area contributed by atoms with Crippen molar-refractivity contribution in [1.82, 2.24) is 19.7 Å². The second kappa shape index (κ2) is 6.45. The van der Waals surface area contributed by atoms with Gasteiger partial charge in [0.25, 0.3) is 5.91 Å². The fourth-order valence-corrected chi connectivity index (χ4v) is 5.13. The molecule has 2 aliphatic carbocycles. The highest BCUT2D eigenvalue weighted by molar-refractivity contribution is 5.95. The molecule has 1 unspecified atom stereocenters. The lowest BCUT2D eigenvalue weighted by Gasteiger charge is -2.16. The zero-order valence-electron chi connectivity index (χ0n) is 16.3. The van der Waals surface area contributed by atoms with Crippen LogP contribution in [0.1, 0.15) is 52.0 Å². The maximum absolute atomic E-state index is 14.5. The summed E-state index contributed by atoms with van der Waals surface area (Å²) < 4.78 is 29.4. The van der Waals surface area contributed by atoms with Crippen molar-refractivity contribution in [1.29, 1.82) is 0 Å². The summed E-state index contributed by atoms with van der Waals surface area (Å²) in [6.07, 6.45) is 6.31. The van der Waals surface area contributed by atoms with Crippen LogP contribution in [0.4, 0.5) is 8.78 Å². The first-order valence-electron chi connectivity index (χ1n) is 10.4. The first-order chi connectivity index (χ1) is 14.6. The Morgan fingerprint density at radius 3 is 2.77 bits per heavy atom. The number of hydrogen-bond donors (Lipinski definition) is 0. The summed E-state index contributed by atoms with van der Waals surface area (Å²) in [7, 11) is 0. The zero-order chi connectivity index (χ0) is 20.4. The molecule has 0 N–H and O–H groups in total. The molecule has 152 valence electrons. The Morgan fingerprint density at radius 2 is 1.97 bits per heavy atom. The molecule has 1 aromatic carbocycles. The van der Waals surface area contributed by atoms with Gasteiger partial charge in [-0.3, -0.25) is 9.78 Å². The summed E-state index contributed by atoms with van der Waals surface area (Å²) in [6, 6.07) is 7.49. The molecule has 3 heterocycles. The third-order valence-electron chi connectivity index (χ3n) is 6.76. The number of aromatic nitrogens is 3. The van der Waals surface area contributed by atoms with Crippen LogP contribution in [0.5, 0.6) is 0 Å². The first-order valence-corrected chi connectivity index (χ1v) is 10.4. The van der Waals surface area contributed by atoms with Crippen LogP contribution in [0, 0.1) is 17.6 Å². The summed E-state index contributed by atoms with van der Waals surface area (Å²) >= 11 is 0. The largest absolute Gasteiger partial charge is 0.337 e. The molecular formula is C23H20F2N4O. The molecule has 1 saturated heterocycles. The van der Waals surface area contributed by atoms with Crippen LogP contribution in [0.25, 0.3) is 5.69 Å². The number of halogens is 2. The van der Waals surface area contributed by atoms with Crippen molar-refractivity contribution in [2.24, 2.45) is 5.92 Å². The molecule has 3 aliphatic rings. The van der Waals surface area contributed by atoms with E-state index in [2.05, 4.69) is 10.1 Å². The minimum Gasteiger partial charge on any atom is -0.337 e. The SMILES string of the molecule is O=C(c1nn(-c2ccc(F)cc2F)c2c1C[C@H]1C[C@@H]21)N1CCC(c2ccncc2)C1. The molecule has 3 atom stereocenters. The number of hydrogen-bond acceptors (Lipinski definition) is 3. The Bertz CT molecular complexity index is 1160. The lowest BCUT2D eigenvalue weighted by molar-refractivity contribution is 0.0783. The molecule has 30 heavy (non-hydrogen) atoms. The van der Waals surface area contributed by atoms with E-state index in [1.54, 1.807) is 17.1 Å². The summed E-state index contributed by atoms with van der Waals surface area (Å²) in [5.74, 6) is -0.258. The number of benzene rings is 1. The molecule has 6 rings (SSSR count). The Morgan fingerprint density at radius 1 is 1.13 bits per heavy atom. The number of pyridine rings is 1. The summed E-state index contributed by atoms with van der Waals surface area (Å²) in [5, 5.41) is 4.56. The van der Waals surface area contributed by atoms with Crippen LogP contribution in [-0.4, -0.2) is 38.7 Å². The van der Waals surface area contributed by atoms with Crippen LogP contribution in [0.2, 0.25) is 0 Å². The average Bonchev–Trinajstić information content (AvgIpc) is 3.11. The lowest BCUT2D eigenvalue weighted by atomic mass is 10.00. The van der Waals surface area contributed by atoms with E-state index in [4.69, 9.17) is 0 Å². The van der Waals surface area contributed by atoms with Crippen LogP contribution in [0.3, 0.4) is 0 Å². The topological polar surface area (TPSA) is 51.0 Å². The number of rotatable bonds is 3. The molecule has 1 amide bonds. The third kappa shape index (κ3) is 2.68. The molecule has 1 saturated carbocycles. The van der Waals surface area contributed by atoms with E-state index in [0.29, 0.717) is 30.6 Å². The van der Waals surface area contributed by atoms with Crippen molar-refractivity contribution in [3.05, 3.63) is 76.9 Å². The fourth-order valence-electron chi connectivity index (χ4n) is 5.13. The van der Waals surface area contributed by atoms with Crippen molar-refractivity contribution < 1.29 is 13.6 Å². The third-order valence-corrected chi connectivity index (χ3v) is 6.76. The standard InChI is InChI=1S/C23H20F2N4O/c24-16-1-2-20(19(25)11-16)29-22-17-9-15(17)10-18(22)21(27-29)23(30)28-8-5-14(12-28)13-3-6-26-7-4-13/h1-4,6-7,11,14-15,17H,5,8-10,12H2/t14?,15-,17-/m1/s1. The Labute approximate surface area is 172 Å². The smallest absolute Gasteiger partial charge is 0.274 e. The molecule has 0 spiro atoms. The van der Waals surface area contributed by atoms with Gasteiger partial charge >= 0.3 is 0 Å². The van der Waals surface area contributed by atoms with E-state index < -0.39 is 11.6 Å². The van der Waals surface area contributed by atoms with Crippen LogP contribution in [0.15, 0.2) is 42.7 Å². The second-order valence-corrected chi connectivity index (χ2v) is 8.54. The molecule has 5 nitrogen and oxygen atoms in total. The van der Waals surface area contributed by atoms with Gasteiger partial charge in [-0.1, -0.05) is 0 Å². The molecule has 7 heteroatoms. The lowest BCUT2D eigenvalue weighted by Crippen LogP contribution is -2.29. The van der Waals surface area contributed by atoms with Gasteiger partial charge in [-0.25, -0.2) is 13.5 Å². The Hall–Kier alpha value is -3.09. The van der Waals surface area contributed by atoms with Gasteiger partial charge < -0.3 is 4.90 Å². The molecule has 3 aromatic rings. The van der Waals surface area contributed by atoms with Gasteiger partial charge in [-0.2, -0.15) is 5.10 Å². The van der Waals surface area contributed by atoms with E-state index >= 15 is 0 Å². The number of carbonyl (C=O) groups is 1. The van der Waals surface area contributed by atoms with Crippen molar-refractivity contribution in [2.75, 3.05) is 13.1 Å². The van der Waals surface area contributed by atoms with E-state index in [-0.39, 0.29) is 17.5 Å². The van der Waals surface area contributed by atoms with Gasteiger partial charge in [-0.05, 0) is 55.0 Å². The summed E-state index contributed by atoms with van der Waals surface area (Å²) in [6.45, 7) is 1.31. The minimum absolute atomic E-state index is 0.0922. The number of likely N-dealkylation sites (tertiary alicyclic amines) is 1. The van der Waals surface area contributed by atoms with Gasteiger partial charge in [0, 0.05) is 48.9 Å². The number of nitrogens with zero attached hydrogens (tertiary/aromatic N) is 4. The average molecular weight is 406 g/mol. The maximum atomic E-state index is 14.5. The molecule has 1 aliphatic heterocycles. The van der Waals surface area contributed by atoms with Crippen LogP contribution < -0.4 is 0 Å². The minimum atomic E-state index is -0.665. The van der Waals surface area contributed by atoms with Crippen molar-refractivity contribution in [2.45, 2.75) is 31.1 Å². The van der Waals surface area contributed by atoms with Crippen molar-refractivity contribution in [3.63, 3.8) is 0 Å². The van der Waals surface area contributed by atoms with Crippen molar-refractivity contribution in [3.8, 4) is 5.69 Å². The predicted molar refractivity (Wildman–Crippen MR) is 106 cm³/mol. The number of amides is 1. The van der Waals surface area contributed by atoms with Gasteiger partial charge in [-0.15, -0.1) is 0 Å². The highest BCUT2D eigenvalue weighted by Crippen LogP contribution is 2.57. The van der Waals surface area contributed by atoms with Crippen LogP contribution in [-0.2, 0) is 6.42 Å². The molecule has 2 fully saturated rings. The zero-order valence-corrected chi connectivity index (χ0v) is 16.3. The fraction of sp³-hybridized carbons (Fsp3) is 0.348. The van der Waals surface area contributed by atoms with Gasteiger partial charge in [0.05, 0.1) is 5.69 Å². The summed E-state index contributed by atoms with van der Waals surface area (Å²) in [4.78, 5) is 19.3. The van der Waals surface area contributed by atoms with E-state index in [1.807, 2.05) is 17.0 Å². The highest BCUT2D eigenvalue weighted by atomic mass is 19.1. The maximum Gasteiger partial charge on any atom is 0.274 e. The van der Waals surface area contributed by atoms with E-state index in [0.717, 1.165) is 36.6 Å². The molecule has 0 bridgehead atoms. The van der Waals surface area contributed by atoms with E-state index in [1.165, 1.54) is 17.7 Å². The first kappa shape index (κ1) is 17.7. The van der Waals surface area contributed by atoms with Crippen molar-refractivity contribution >= 4 is 5.91 Å². The van der Waals surface area contributed by atoms with E-state index in [9.17, 15) is 13.6 Å².